The van der Waals surface area contributed by atoms with E-state index in [1.54, 1.807) is 13.0 Å². The van der Waals surface area contributed by atoms with Gasteiger partial charge in [0, 0.05) is 36.3 Å². The molecule has 0 atom stereocenters. The molecule has 2 aliphatic rings. The van der Waals surface area contributed by atoms with E-state index in [4.69, 9.17) is 9.97 Å². The van der Waals surface area contributed by atoms with Gasteiger partial charge in [0.1, 0.15) is 5.82 Å². The number of nitrogens with one attached hydrogen (secondary N) is 1. The molecular formula is C37H39N5O2. The van der Waals surface area contributed by atoms with Gasteiger partial charge < -0.3 is 14.5 Å². The molecule has 0 unspecified atom stereocenters. The largest absolute Gasteiger partial charge is 0.342 e. The minimum atomic E-state index is -0.519. The summed E-state index contributed by atoms with van der Waals surface area (Å²) < 4.78 is 4.33. The van der Waals surface area contributed by atoms with Crippen LogP contribution < -0.4 is 5.32 Å². The topological polar surface area (TPSA) is 81.8 Å². The third-order valence-electron chi connectivity index (χ3n) is 9.80. The molecule has 44 heavy (non-hydrogen) atoms. The quantitative estimate of drug-likeness (QED) is 0.201. The Labute approximate surface area is 258 Å². The van der Waals surface area contributed by atoms with E-state index in [0.717, 1.165) is 58.6 Å². The van der Waals surface area contributed by atoms with E-state index < -0.39 is 5.54 Å². The first-order valence-corrected chi connectivity index (χ1v) is 15.8. The van der Waals surface area contributed by atoms with E-state index in [-0.39, 0.29) is 11.7 Å². The van der Waals surface area contributed by atoms with Crippen LogP contribution in [0.15, 0.2) is 60.7 Å². The maximum absolute atomic E-state index is 14.0. The molecule has 3 heterocycles. The minimum absolute atomic E-state index is 0.0123. The van der Waals surface area contributed by atoms with Crippen molar-refractivity contribution in [1.82, 2.24) is 24.4 Å². The van der Waals surface area contributed by atoms with Gasteiger partial charge in [0.2, 0.25) is 0 Å². The third-order valence-corrected chi connectivity index (χ3v) is 9.80. The molecule has 3 aromatic heterocycles. The van der Waals surface area contributed by atoms with Crippen LogP contribution in [0.1, 0.15) is 90.8 Å². The fraction of sp³-hybridized carbons (Fsp3) is 0.351. The maximum atomic E-state index is 14.0. The fourth-order valence-electron chi connectivity index (χ4n) is 7.40. The van der Waals surface area contributed by atoms with Crippen molar-refractivity contribution < 1.29 is 9.59 Å². The summed E-state index contributed by atoms with van der Waals surface area (Å²) in [5, 5.41) is 4.64. The second-order valence-electron chi connectivity index (χ2n) is 12.8. The maximum Gasteiger partial charge on any atom is 0.252 e. The lowest BCUT2D eigenvalue weighted by atomic mass is 9.75. The predicted molar refractivity (Wildman–Crippen MR) is 176 cm³/mol. The Morgan fingerprint density at radius 3 is 2.43 bits per heavy atom. The summed E-state index contributed by atoms with van der Waals surface area (Å²) in [5.41, 5.74) is 8.54. The molecule has 5 aromatic rings. The minimum Gasteiger partial charge on any atom is -0.342 e. The van der Waals surface area contributed by atoms with Crippen LogP contribution in [0.2, 0.25) is 0 Å². The molecule has 7 nitrogen and oxygen atoms in total. The van der Waals surface area contributed by atoms with Gasteiger partial charge in [-0.05, 0) is 105 Å². The van der Waals surface area contributed by atoms with Gasteiger partial charge >= 0.3 is 0 Å². The van der Waals surface area contributed by atoms with E-state index in [0.29, 0.717) is 11.5 Å². The summed E-state index contributed by atoms with van der Waals surface area (Å²) in [6.07, 6.45) is 11.0. The number of hydrogen-bond acceptors (Lipinski definition) is 4. The first kappa shape index (κ1) is 28.3. The molecule has 0 aliphatic heterocycles. The zero-order chi connectivity index (χ0) is 30.6. The molecule has 0 bridgehead atoms. The summed E-state index contributed by atoms with van der Waals surface area (Å²) in [6.45, 7) is 3.58. The number of aromatic nitrogens is 4. The van der Waals surface area contributed by atoms with E-state index in [2.05, 4.69) is 45.8 Å². The summed E-state index contributed by atoms with van der Waals surface area (Å²) in [4.78, 5) is 35.3. The Morgan fingerprint density at radius 2 is 1.73 bits per heavy atom. The molecule has 1 N–H and O–H groups in total. The normalized spacial score (nSPS) is 16.6. The summed E-state index contributed by atoms with van der Waals surface area (Å²) in [7, 11) is 4.12. The highest BCUT2D eigenvalue weighted by Gasteiger charge is 2.44. The monoisotopic (exact) mass is 585 g/mol. The third kappa shape index (κ3) is 4.75. The number of nitrogens with zero attached hydrogens (tertiary/aromatic N) is 4. The molecule has 2 aliphatic carbocycles. The molecule has 7 heteroatoms. The molecule has 224 valence electrons. The zero-order valence-electron chi connectivity index (χ0n) is 26.0. The number of aryl methyl sites for hydroxylation is 3. The number of hydrogen-bond donors (Lipinski definition) is 1. The van der Waals surface area contributed by atoms with Gasteiger partial charge in [-0.15, -0.1) is 0 Å². The number of imidazole rings is 1. The summed E-state index contributed by atoms with van der Waals surface area (Å²) in [6, 6.07) is 18.4. The van der Waals surface area contributed by atoms with E-state index in [1.807, 2.05) is 50.4 Å². The average Bonchev–Trinajstić information content (AvgIpc) is 3.71. The summed E-state index contributed by atoms with van der Waals surface area (Å²) in [5.74, 6) is 1.31. The summed E-state index contributed by atoms with van der Waals surface area (Å²) >= 11 is 0. The Balaban J connectivity index is 1.25. The molecule has 0 radical (unpaired) electrons. The lowest BCUT2D eigenvalue weighted by molar-refractivity contribution is -0.112. The van der Waals surface area contributed by atoms with E-state index in [1.165, 1.54) is 42.3 Å². The van der Waals surface area contributed by atoms with Crippen LogP contribution in [0.5, 0.6) is 0 Å². The Bertz CT molecular complexity index is 1970. The van der Waals surface area contributed by atoms with Gasteiger partial charge in [-0.1, -0.05) is 37.1 Å². The SMILES string of the molecule is CC(=O)/C=C/c1ccc2nc(C3(NC(=O)c4ccc5c(C6CCCC6)c(-c6cccc(C)n6)n(C)c5c4)CCC3)n(C)c2c1. The molecule has 1 amide bonds. The average molecular weight is 586 g/mol. The zero-order valence-corrected chi connectivity index (χ0v) is 26.0. The van der Waals surface area contributed by atoms with E-state index in [9.17, 15) is 9.59 Å². The molecule has 0 saturated heterocycles. The van der Waals surface area contributed by atoms with Crippen molar-refractivity contribution in [3.05, 3.63) is 88.9 Å². The number of pyridine rings is 1. The van der Waals surface area contributed by atoms with Crippen LogP contribution >= 0.6 is 0 Å². The number of fused-ring (bicyclic) bond motifs is 2. The Hall–Kier alpha value is -4.52. The number of rotatable bonds is 7. The predicted octanol–water partition coefficient (Wildman–Crippen LogP) is 7.50. The fourth-order valence-corrected chi connectivity index (χ4v) is 7.40. The molecular weight excluding hydrogens is 546 g/mol. The van der Waals surface area contributed by atoms with Crippen LogP contribution in [0, 0.1) is 6.92 Å². The van der Waals surface area contributed by atoms with E-state index >= 15 is 0 Å². The molecule has 2 aromatic carbocycles. The van der Waals surface area contributed by atoms with Crippen LogP contribution in [0.3, 0.4) is 0 Å². The highest BCUT2D eigenvalue weighted by atomic mass is 16.2. The number of carbonyl (C=O) groups is 2. The van der Waals surface area contributed by atoms with Crippen molar-refractivity contribution in [2.45, 2.75) is 70.3 Å². The van der Waals surface area contributed by atoms with Gasteiger partial charge in [0.25, 0.3) is 5.91 Å². The number of carbonyl (C=O) groups excluding carboxylic acids is 2. The van der Waals surface area contributed by atoms with Crippen molar-refractivity contribution in [2.75, 3.05) is 0 Å². The van der Waals surface area contributed by atoms with Gasteiger partial charge in [0.05, 0.1) is 28.0 Å². The standard InChI is InChI=1S/C37H39N5O2/c1-23-9-7-12-30(38-23)34-33(26-10-5-6-11-26)28-17-16-27(22-31(28)41(34)3)35(44)40-37(19-8-20-37)36-39-29-18-15-25(14-13-24(2)43)21-32(29)42(36)4/h7,9,12-18,21-22,26H,5-6,8,10-11,19-20H2,1-4H3,(H,40,44)/b14-13+. The van der Waals surface area contributed by atoms with Crippen LogP contribution in [-0.2, 0) is 24.4 Å². The number of amides is 1. The number of ketones is 1. The Morgan fingerprint density at radius 1 is 0.932 bits per heavy atom. The highest BCUT2D eigenvalue weighted by molar-refractivity contribution is 6.01. The van der Waals surface area contributed by atoms with Gasteiger partial charge in [-0.25, -0.2) is 4.98 Å². The highest BCUT2D eigenvalue weighted by Crippen LogP contribution is 2.45. The molecule has 2 fully saturated rings. The Kier molecular flexibility index (Phi) is 6.99. The number of benzene rings is 2. The van der Waals surface area contributed by atoms with Gasteiger partial charge in [-0.2, -0.15) is 0 Å². The van der Waals surface area contributed by atoms with Gasteiger partial charge in [-0.3, -0.25) is 14.6 Å². The second kappa shape index (κ2) is 10.9. The lowest BCUT2D eigenvalue weighted by Gasteiger charge is -2.41. The van der Waals surface area contributed by atoms with Crippen molar-refractivity contribution >= 4 is 39.7 Å². The van der Waals surface area contributed by atoms with Crippen LogP contribution in [-0.4, -0.2) is 30.8 Å². The van der Waals surface area contributed by atoms with Crippen molar-refractivity contribution in [1.29, 1.82) is 0 Å². The van der Waals surface area contributed by atoms with Crippen molar-refractivity contribution in [3.8, 4) is 11.4 Å². The number of allylic oxidation sites excluding steroid dienone is 1. The van der Waals surface area contributed by atoms with Crippen molar-refractivity contribution in [2.24, 2.45) is 14.1 Å². The van der Waals surface area contributed by atoms with Crippen molar-refractivity contribution in [3.63, 3.8) is 0 Å². The molecule has 2 saturated carbocycles. The molecule has 0 spiro atoms. The first-order valence-electron chi connectivity index (χ1n) is 15.8. The first-order chi connectivity index (χ1) is 21.2. The smallest absolute Gasteiger partial charge is 0.252 e. The second-order valence-corrected chi connectivity index (χ2v) is 12.8. The van der Waals surface area contributed by atoms with Crippen LogP contribution in [0.4, 0.5) is 0 Å². The lowest BCUT2D eigenvalue weighted by Crippen LogP contribution is -2.52. The molecule has 7 rings (SSSR count). The van der Waals surface area contributed by atoms with Crippen LogP contribution in [0.25, 0.3) is 39.4 Å². The van der Waals surface area contributed by atoms with Gasteiger partial charge in [0.15, 0.2) is 5.78 Å².